The van der Waals surface area contributed by atoms with Crippen molar-refractivity contribution < 1.29 is 18.7 Å². The number of esters is 1. The minimum atomic E-state index is -0.415. The fourth-order valence-corrected chi connectivity index (χ4v) is 2.47. The van der Waals surface area contributed by atoms with Gasteiger partial charge < -0.3 is 13.9 Å². The minimum absolute atomic E-state index is 0.221. The highest BCUT2D eigenvalue weighted by Crippen LogP contribution is 2.22. The molecule has 1 aromatic carbocycles. The monoisotopic (exact) mass is 303 g/mol. The zero-order chi connectivity index (χ0) is 15.5. The molecular formula is C16H17NO5. The zero-order valence-electron chi connectivity index (χ0n) is 12.3. The highest BCUT2D eigenvalue weighted by atomic mass is 16.5. The van der Waals surface area contributed by atoms with E-state index in [1.54, 1.807) is 18.2 Å². The summed E-state index contributed by atoms with van der Waals surface area (Å²) in [6, 6.07) is 6.49. The van der Waals surface area contributed by atoms with Crippen molar-refractivity contribution in [1.29, 1.82) is 0 Å². The molecule has 6 heteroatoms. The Morgan fingerprint density at radius 1 is 1.27 bits per heavy atom. The molecule has 116 valence electrons. The van der Waals surface area contributed by atoms with Crippen LogP contribution in [0.3, 0.4) is 0 Å². The first-order chi connectivity index (χ1) is 10.6. The van der Waals surface area contributed by atoms with E-state index < -0.39 is 5.63 Å². The van der Waals surface area contributed by atoms with Gasteiger partial charge in [-0.2, -0.15) is 0 Å². The molecule has 0 unspecified atom stereocenters. The number of morpholine rings is 1. The van der Waals surface area contributed by atoms with E-state index in [0.717, 1.165) is 24.0 Å². The van der Waals surface area contributed by atoms with Gasteiger partial charge in [-0.25, -0.2) is 4.79 Å². The van der Waals surface area contributed by atoms with Crippen LogP contribution in [0, 0.1) is 6.92 Å². The van der Waals surface area contributed by atoms with E-state index in [9.17, 15) is 9.59 Å². The molecule has 0 bridgehead atoms. The summed E-state index contributed by atoms with van der Waals surface area (Å²) in [4.78, 5) is 25.3. The van der Waals surface area contributed by atoms with E-state index in [2.05, 4.69) is 0 Å². The molecule has 1 aliphatic heterocycles. The number of carbonyl (C=O) groups excluding carboxylic acids is 1. The highest BCUT2D eigenvalue weighted by Gasteiger charge is 2.16. The number of fused-ring (bicyclic) bond motifs is 1. The summed E-state index contributed by atoms with van der Waals surface area (Å²) in [6.45, 7) is 4.77. The van der Waals surface area contributed by atoms with E-state index in [-0.39, 0.29) is 12.5 Å². The largest absolute Gasteiger partial charge is 0.425 e. The van der Waals surface area contributed by atoms with Crippen molar-refractivity contribution in [3.63, 3.8) is 0 Å². The van der Waals surface area contributed by atoms with E-state index >= 15 is 0 Å². The Balaban J connectivity index is 1.73. The van der Waals surface area contributed by atoms with Crippen molar-refractivity contribution in [2.45, 2.75) is 6.92 Å². The number of carbonyl (C=O) groups is 1. The lowest BCUT2D eigenvalue weighted by Crippen LogP contribution is -2.40. The van der Waals surface area contributed by atoms with E-state index in [1.807, 2.05) is 11.8 Å². The molecule has 2 heterocycles. The summed E-state index contributed by atoms with van der Waals surface area (Å²) in [5.41, 5.74) is 0.834. The molecule has 1 aromatic heterocycles. The van der Waals surface area contributed by atoms with Gasteiger partial charge in [0.15, 0.2) is 0 Å². The van der Waals surface area contributed by atoms with Crippen molar-refractivity contribution in [2.24, 2.45) is 0 Å². The van der Waals surface area contributed by atoms with Gasteiger partial charge in [0.2, 0.25) is 0 Å². The second-order valence-corrected chi connectivity index (χ2v) is 5.27. The van der Waals surface area contributed by atoms with Crippen LogP contribution in [0.15, 0.2) is 33.5 Å². The predicted octanol–water partition coefficient (Wildman–Crippen LogP) is 1.34. The third kappa shape index (κ3) is 3.35. The number of aryl methyl sites for hydroxylation is 1. The second kappa shape index (κ2) is 6.29. The molecule has 1 fully saturated rings. The first kappa shape index (κ1) is 14.7. The maximum Gasteiger partial charge on any atom is 0.336 e. The van der Waals surface area contributed by atoms with Gasteiger partial charge in [0.05, 0.1) is 19.8 Å². The molecule has 0 radical (unpaired) electrons. The van der Waals surface area contributed by atoms with E-state index in [1.165, 1.54) is 6.07 Å². The Labute approximate surface area is 127 Å². The van der Waals surface area contributed by atoms with Crippen molar-refractivity contribution in [3.8, 4) is 5.75 Å². The van der Waals surface area contributed by atoms with E-state index in [4.69, 9.17) is 13.9 Å². The average molecular weight is 303 g/mol. The number of hydrogen-bond donors (Lipinski definition) is 0. The summed E-state index contributed by atoms with van der Waals surface area (Å²) in [6.07, 6.45) is 0. The van der Waals surface area contributed by atoms with Crippen LogP contribution >= 0.6 is 0 Å². The Morgan fingerprint density at radius 3 is 2.82 bits per heavy atom. The summed E-state index contributed by atoms with van der Waals surface area (Å²) >= 11 is 0. The Morgan fingerprint density at radius 2 is 2.05 bits per heavy atom. The smallest absolute Gasteiger partial charge is 0.336 e. The van der Waals surface area contributed by atoms with Crippen LogP contribution in [-0.4, -0.2) is 43.7 Å². The molecule has 0 spiro atoms. The first-order valence-electron chi connectivity index (χ1n) is 7.17. The third-order valence-electron chi connectivity index (χ3n) is 3.61. The third-order valence-corrected chi connectivity index (χ3v) is 3.61. The number of ether oxygens (including phenoxy) is 2. The fourth-order valence-electron chi connectivity index (χ4n) is 2.47. The molecule has 0 atom stereocenters. The fraction of sp³-hybridized carbons (Fsp3) is 0.375. The normalized spacial score (nSPS) is 15.9. The first-order valence-corrected chi connectivity index (χ1v) is 7.17. The molecule has 0 saturated carbocycles. The second-order valence-electron chi connectivity index (χ2n) is 5.27. The zero-order valence-corrected chi connectivity index (χ0v) is 12.3. The van der Waals surface area contributed by atoms with Crippen LogP contribution in [0.2, 0.25) is 0 Å². The van der Waals surface area contributed by atoms with Gasteiger partial charge in [0.1, 0.15) is 11.3 Å². The van der Waals surface area contributed by atoms with Gasteiger partial charge in [0, 0.05) is 30.6 Å². The summed E-state index contributed by atoms with van der Waals surface area (Å²) in [5.74, 6) is 0.0377. The molecule has 0 aliphatic carbocycles. The molecule has 22 heavy (non-hydrogen) atoms. The minimum Gasteiger partial charge on any atom is -0.425 e. The summed E-state index contributed by atoms with van der Waals surface area (Å²) < 4.78 is 15.7. The number of rotatable bonds is 3. The van der Waals surface area contributed by atoms with Gasteiger partial charge in [-0.1, -0.05) is 0 Å². The van der Waals surface area contributed by atoms with Crippen LogP contribution in [0.25, 0.3) is 11.0 Å². The molecule has 6 nitrogen and oxygen atoms in total. The van der Waals surface area contributed by atoms with Gasteiger partial charge in [0.25, 0.3) is 0 Å². The lowest BCUT2D eigenvalue weighted by molar-refractivity contribution is -0.136. The maximum absolute atomic E-state index is 12.0. The standard InChI is InChI=1S/C16H17NO5/c1-11-8-15(18)22-14-9-12(2-3-13(11)14)21-16(19)10-17-4-6-20-7-5-17/h2-3,8-9H,4-7,10H2,1H3. The molecule has 0 amide bonds. The van der Waals surface area contributed by atoms with Gasteiger partial charge in [-0.05, 0) is 24.6 Å². The van der Waals surface area contributed by atoms with Gasteiger partial charge in [-0.3, -0.25) is 9.69 Å². The van der Waals surface area contributed by atoms with Crippen molar-refractivity contribution in [1.82, 2.24) is 4.90 Å². The molecule has 2 aromatic rings. The van der Waals surface area contributed by atoms with Gasteiger partial charge >= 0.3 is 11.6 Å². The van der Waals surface area contributed by atoms with Crippen LogP contribution < -0.4 is 10.4 Å². The van der Waals surface area contributed by atoms with Crippen molar-refractivity contribution in [2.75, 3.05) is 32.8 Å². The van der Waals surface area contributed by atoms with Crippen molar-refractivity contribution in [3.05, 3.63) is 40.2 Å². The summed E-state index contributed by atoms with van der Waals surface area (Å²) in [5, 5.41) is 0.826. The molecule has 0 N–H and O–H groups in total. The summed E-state index contributed by atoms with van der Waals surface area (Å²) in [7, 11) is 0. The number of hydrogen-bond acceptors (Lipinski definition) is 6. The SMILES string of the molecule is Cc1cc(=O)oc2cc(OC(=O)CN3CCOCC3)ccc12. The van der Waals surface area contributed by atoms with Crippen LogP contribution in [-0.2, 0) is 9.53 Å². The lowest BCUT2D eigenvalue weighted by Gasteiger charge is -2.25. The Bertz CT molecular complexity index is 746. The highest BCUT2D eigenvalue weighted by molar-refractivity contribution is 5.82. The molecule has 1 saturated heterocycles. The van der Waals surface area contributed by atoms with Crippen LogP contribution in [0.1, 0.15) is 5.56 Å². The lowest BCUT2D eigenvalue weighted by atomic mass is 10.1. The number of nitrogens with zero attached hydrogens (tertiary/aromatic N) is 1. The molecular weight excluding hydrogens is 286 g/mol. The average Bonchev–Trinajstić information content (AvgIpc) is 2.47. The molecule has 1 aliphatic rings. The van der Waals surface area contributed by atoms with Gasteiger partial charge in [-0.15, -0.1) is 0 Å². The molecule has 3 rings (SSSR count). The number of benzene rings is 1. The van der Waals surface area contributed by atoms with Crippen LogP contribution in [0.5, 0.6) is 5.75 Å². The Hall–Kier alpha value is -2.18. The van der Waals surface area contributed by atoms with Crippen LogP contribution in [0.4, 0.5) is 0 Å². The Kier molecular flexibility index (Phi) is 4.22. The van der Waals surface area contributed by atoms with Crippen molar-refractivity contribution >= 4 is 16.9 Å². The van der Waals surface area contributed by atoms with E-state index in [0.29, 0.717) is 24.5 Å². The quantitative estimate of drug-likeness (QED) is 0.484. The maximum atomic E-state index is 12.0. The predicted molar refractivity (Wildman–Crippen MR) is 80.1 cm³/mol. The topological polar surface area (TPSA) is 69.0 Å².